The Labute approximate surface area is 186 Å². The fraction of sp³-hybridized carbons (Fsp3) is 0.739. The zero-order valence-electron chi connectivity index (χ0n) is 17.1. The second-order valence-corrected chi connectivity index (χ2v) is 8.68. The summed E-state index contributed by atoms with van der Waals surface area (Å²) in [5.41, 5.74) is 2.55. The Morgan fingerprint density at radius 2 is 1.46 bits per heavy atom. The summed E-state index contributed by atoms with van der Waals surface area (Å²) < 4.78 is 7.65. The van der Waals surface area contributed by atoms with E-state index in [1.54, 1.807) is 0 Å². The number of rotatable bonds is 6. The minimum absolute atomic E-state index is 0. The van der Waals surface area contributed by atoms with Crippen LogP contribution in [0.4, 0.5) is 0 Å². The van der Waals surface area contributed by atoms with E-state index in [9.17, 15) is 0 Å². The zero-order valence-corrected chi connectivity index (χ0v) is 20.0. The third-order valence-electron chi connectivity index (χ3n) is 6.61. The van der Waals surface area contributed by atoms with Crippen molar-refractivity contribution in [2.75, 3.05) is 32.8 Å². The predicted molar refractivity (Wildman–Crippen MR) is 106 cm³/mol. The Kier molecular flexibility index (Phi) is 9.62. The number of benzene rings is 1. The molecule has 0 spiro atoms. The van der Waals surface area contributed by atoms with Gasteiger partial charge in [0.25, 0.3) is 0 Å². The summed E-state index contributed by atoms with van der Waals surface area (Å²) in [4.78, 5) is 0. The molecule has 1 heterocycles. The van der Waals surface area contributed by atoms with Gasteiger partial charge in [-0.05, 0) is 63.5 Å². The van der Waals surface area contributed by atoms with Gasteiger partial charge in [0.15, 0.2) is 0 Å². The van der Waals surface area contributed by atoms with Crippen LogP contribution in [-0.4, -0.2) is 37.3 Å². The molecule has 1 saturated heterocycles. The van der Waals surface area contributed by atoms with E-state index in [-0.39, 0.29) is 32.7 Å². The number of ether oxygens (including phenoxy) is 1. The molecule has 3 heteroatoms. The van der Waals surface area contributed by atoms with Crippen molar-refractivity contribution in [3.05, 3.63) is 29.3 Å². The molecule has 1 aliphatic heterocycles. The van der Waals surface area contributed by atoms with Gasteiger partial charge >= 0.3 is 0 Å². The molecule has 0 bridgehead atoms. The van der Waals surface area contributed by atoms with Crippen molar-refractivity contribution in [3.63, 3.8) is 0 Å². The van der Waals surface area contributed by atoms with Crippen molar-refractivity contribution >= 4 is 0 Å². The quantitative estimate of drug-likeness (QED) is 0.527. The van der Waals surface area contributed by atoms with E-state index in [2.05, 4.69) is 32.0 Å². The van der Waals surface area contributed by atoms with Gasteiger partial charge in [-0.25, -0.2) is 0 Å². The summed E-state index contributed by atoms with van der Waals surface area (Å²) in [6.07, 6.45) is 13.0. The van der Waals surface area contributed by atoms with Crippen LogP contribution in [0.15, 0.2) is 18.2 Å². The van der Waals surface area contributed by atoms with Crippen LogP contribution in [0, 0.1) is 19.8 Å². The van der Waals surface area contributed by atoms with Gasteiger partial charge in [0, 0.05) is 38.6 Å². The maximum Gasteiger partial charge on any atom is 0.137 e. The van der Waals surface area contributed by atoms with Crippen LogP contribution in [0.3, 0.4) is 0 Å². The van der Waals surface area contributed by atoms with Crippen LogP contribution in [0.1, 0.15) is 68.9 Å². The fourth-order valence-electron chi connectivity index (χ4n) is 5.14. The molecule has 0 unspecified atom stereocenters. The number of nitrogens with zero attached hydrogens (tertiary/aromatic N) is 1. The summed E-state index contributed by atoms with van der Waals surface area (Å²) in [6.45, 7) is 10.6. The number of likely N-dealkylation sites (tertiary alicyclic amines) is 1. The Morgan fingerprint density at radius 3 is 2.08 bits per heavy atom. The van der Waals surface area contributed by atoms with Gasteiger partial charge in [0.1, 0.15) is 18.9 Å². The summed E-state index contributed by atoms with van der Waals surface area (Å²) in [5.74, 6) is 2.09. The molecule has 0 amide bonds. The Balaban J connectivity index is 0.00000243. The van der Waals surface area contributed by atoms with Gasteiger partial charge in [-0.2, -0.15) is 0 Å². The molecule has 0 aromatic heterocycles. The molecule has 3 rings (SSSR count). The topological polar surface area (TPSA) is 9.23 Å². The van der Waals surface area contributed by atoms with Crippen molar-refractivity contribution in [1.29, 1.82) is 0 Å². The molecule has 2 fully saturated rings. The summed E-state index contributed by atoms with van der Waals surface area (Å²) >= 11 is 0. The van der Waals surface area contributed by atoms with Crippen molar-refractivity contribution in [2.45, 2.75) is 71.6 Å². The van der Waals surface area contributed by atoms with Gasteiger partial charge < -0.3 is 9.22 Å². The van der Waals surface area contributed by atoms with E-state index in [1.165, 1.54) is 99.6 Å². The van der Waals surface area contributed by atoms with E-state index in [4.69, 9.17) is 4.74 Å². The molecule has 1 aliphatic carbocycles. The van der Waals surface area contributed by atoms with Crippen molar-refractivity contribution in [1.82, 2.24) is 0 Å². The number of aryl methyl sites for hydroxylation is 2. The van der Waals surface area contributed by atoms with Gasteiger partial charge in [0.2, 0.25) is 0 Å². The second-order valence-electron chi connectivity index (χ2n) is 8.68. The molecule has 2 aliphatic rings. The van der Waals surface area contributed by atoms with E-state index in [0.29, 0.717) is 0 Å². The van der Waals surface area contributed by atoms with Gasteiger partial charge in [0.05, 0.1) is 19.6 Å². The number of hydrogen-bond acceptors (Lipinski definition) is 1. The first kappa shape index (κ1) is 22.4. The van der Waals surface area contributed by atoms with Crippen LogP contribution in [0.25, 0.3) is 0 Å². The fourth-order valence-corrected chi connectivity index (χ4v) is 5.14. The average Bonchev–Trinajstić information content (AvgIpc) is 3.07. The standard InChI is InChI=1S/C23H38NO.Y/c1-20-11-10-12-21(2)23(20)25-18-17-24(19-22-13-6-7-14-22)15-8-4-3-5-9-16-24;/h10-12,22H,3-9,13-19H2,1-2H3;/q+1;. The molecular formula is C23H38NOY+. The molecule has 143 valence electrons. The zero-order chi connectivity index (χ0) is 17.5. The third-order valence-corrected chi connectivity index (χ3v) is 6.61. The average molecular weight is 433 g/mol. The summed E-state index contributed by atoms with van der Waals surface area (Å²) in [6, 6.07) is 6.46. The Hall–Kier alpha value is 0.0839. The van der Waals surface area contributed by atoms with Crippen molar-refractivity contribution in [2.24, 2.45) is 5.92 Å². The minimum Gasteiger partial charge on any atom is -0.487 e. The van der Waals surface area contributed by atoms with Crippen molar-refractivity contribution < 1.29 is 41.9 Å². The first-order valence-electron chi connectivity index (χ1n) is 10.7. The summed E-state index contributed by atoms with van der Waals surface area (Å²) in [5, 5.41) is 0. The molecule has 1 saturated carbocycles. The monoisotopic (exact) mass is 433 g/mol. The van der Waals surface area contributed by atoms with E-state index in [0.717, 1.165) is 18.3 Å². The van der Waals surface area contributed by atoms with Crippen LogP contribution < -0.4 is 4.74 Å². The van der Waals surface area contributed by atoms with Crippen LogP contribution in [0.2, 0.25) is 0 Å². The molecule has 2 nitrogen and oxygen atoms in total. The molecular weight excluding hydrogens is 395 g/mol. The first-order valence-corrected chi connectivity index (χ1v) is 10.7. The normalized spacial score (nSPS) is 20.8. The van der Waals surface area contributed by atoms with E-state index >= 15 is 0 Å². The number of quaternary nitrogens is 1. The number of hydrogen-bond donors (Lipinski definition) is 0. The van der Waals surface area contributed by atoms with Crippen LogP contribution >= 0.6 is 0 Å². The maximum atomic E-state index is 6.32. The SMILES string of the molecule is Cc1cccc(C)c1OCC[N+]1(CC2CCCC2)CCCCCCC1.[Y]. The van der Waals surface area contributed by atoms with Gasteiger partial charge in [-0.1, -0.05) is 37.5 Å². The molecule has 26 heavy (non-hydrogen) atoms. The van der Waals surface area contributed by atoms with Crippen LogP contribution in [0.5, 0.6) is 5.75 Å². The Morgan fingerprint density at radius 1 is 0.885 bits per heavy atom. The summed E-state index contributed by atoms with van der Waals surface area (Å²) in [7, 11) is 0. The Bertz CT molecular complexity index is 511. The number of para-hydroxylation sites is 1. The van der Waals surface area contributed by atoms with E-state index in [1.807, 2.05) is 0 Å². The van der Waals surface area contributed by atoms with Gasteiger partial charge in [-0.15, -0.1) is 0 Å². The molecule has 0 atom stereocenters. The largest absolute Gasteiger partial charge is 0.487 e. The molecule has 0 N–H and O–H groups in total. The van der Waals surface area contributed by atoms with E-state index < -0.39 is 0 Å². The second kappa shape index (κ2) is 11.2. The van der Waals surface area contributed by atoms with Gasteiger partial charge in [-0.3, -0.25) is 0 Å². The first-order chi connectivity index (χ1) is 12.2. The van der Waals surface area contributed by atoms with Crippen LogP contribution in [-0.2, 0) is 32.7 Å². The minimum atomic E-state index is 0. The predicted octanol–water partition coefficient (Wildman–Crippen LogP) is 5.65. The molecule has 1 radical (unpaired) electrons. The van der Waals surface area contributed by atoms with Crippen molar-refractivity contribution in [3.8, 4) is 5.75 Å². The maximum absolute atomic E-state index is 6.32. The smallest absolute Gasteiger partial charge is 0.137 e. The molecule has 1 aromatic rings. The third kappa shape index (κ3) is 6.31. The molecule has 1 aromatic carbocycles.